The van der Waals surface area contributed by atoms with Crippen LogP contribution in [-0.4, -0.2) is 62.5 Å². The summed E-state index contributed by atoms with van der Waals surface area (Å²) in [4.78, 5) is 17.9. The lowest BCUT2D eigenvalue weighted by molar-refractivity contribution is -0.128. The first kappa shape index (κ1) is 25.7. The molecule has 0 saturated heterocycles. The minimum atomic E-state index is -3.61. The van der Waals surface area contributed by atoms with Crippen molar-refractivity contribution < 1.29 is 27.8 Å². The molecule has 3 rings (SSSR count). The van der Waals surface area contributed by atoms with E-state index in [1.54, 1.807) is 42.5 Å². The van der Waals surface area contributed by atoms with Crippen molar-refractivity contribution in [3.63, 3.8) is 0 Å². The van der Waals surface area contributed by atoms with E-state index in [0.717, 1.165) is 0 Å². The number of nitrogens with one attached hydrogen (secondary N) is 2. The summed E-state index contributed by atoms with van der Waals surface area (Å²) < 4.78 is 37.0. The Bertz CT molecular complexity index is 1090. The van der Waals surface area contributed by atoms with Gasteiger partial charge in [-0.1, -0.05) is 18.2 Å². The molecule has 1 atom stereocenters. The van der Waals surface area contributed by atoms with Gasteiger partial charge in [0.15, 0.2) is 15.4 Å². The molecule has 34 heavy (non-hydrogen) atoms. The summed E-state index contributed by atoms with van der Waals surface area (Å²) in [6.45, 7) is 4.12. The molecule has 0 unspecified atom stereocenters. The van der Waals surface area contributed by atoms with Gasteiger partial charge in [-0.05, 0) is 56.7 Å². The second kappa shape index (κ2) is 11.5. The first-order chi connectivity index (χ1) is 16.3. The van der Waals surface area contributed by atoms with E-state index in [1.807, 2.05) is 13.8 Å². The summed E-state index contributed by atoms with van der Waals surface area (Å²) in [7, 11) is -3.61. The second-order valence-electron chi connectivity index (χ2n) is 8.32. The minimum Gasteiger partial charge on any atom is -0.494 e. The highest BCUT2D eigenvalue weighted by molar-refractivity contribution is 7.91. The zero-order chi connectivity index (χ0) is 24.6. The zero-order valence-corrected chi connectivity index (χ0v) is 20.2. The molecule has 2 aromatic rings. The molecule has 0 fully saturated rings. The van der Waals surface area contributed by atoms with Gasteiger partial charge in [-0.2, -0.15) is 0 Å². The summed E-state index contributed by atoms with van der Waals surface area (Å²) in [5.74, 6) is 0.182. The van der Waals surface area contributed by atoms with Crippen molar-refractivity contribution in [2.24, 2.45) is 4.99 Å². The highest BCUT2D eigenvalue weighted by Gasteiger charge is 2.45. The van der Waals surface area contributed by atoms with Crippen LogP contribution in [0.1, 0.15) is 32.3 Å². The molecule has 0 bridgehead atoms. The number of hydrogen-bond acceptors (Lipinski definition) is 8. The summed E-state index contributed by atoms with van der Waals surface area (Å²) >= 11 is 0. The van der Waals surface area contributed by atoms with Gasteiger partial charge in [0.05, 0.1) is 17.3 Å². The molecule has 1 amide bonds. The Morgan fingerprint density at radius 1 is 1.18 bits per heavy atom. The molecular formula is C24H31N3O6S. The topological polar surface area (TPSA) is 126 Å². The number of hydrazine groups is 1. The first-order valence-corrected chi connectivity index (χ1v) is 12.8. The predicted octanol–water partition coefficient (Wildman–Crippen LogP) is 1.86. The number of hydrogen-bond donors (Lipinski definition) is 3. The number of carbonyl (C=O) groups excluding carboxylic acids is 1. The molecule has 2 aromatic carbocycles. The molecule has 1 heterocycles. The molecule has 10 heteroatoms. The van der Waals surface area contributed by atoms with Crippen LogP contribution in [0.5, 0.6) is 5.75 Å². The fraction of sp³-hybridized carbons (Fsp3) is 0.417. The van der Waals surface area contributed by atoms with Gasteiger partial charge in [-0.25, -0.2) is 18.8 Å². The maximum Gasteiger partial charge on any atom is 0.265 e. The average molecular weight is 490 g/mol. The number of aliphatic imine (C=N–C) groups is 1. The normalized spacial score (nSPS) is 17.8. The molecule has 1 aliphatic heterocycles. The Morgan fingerprint density at radius 3 is 2.53 bits per heavy atom. The third kappa shape index (κ3) is 6.55. The highest BCUT2D eigenvalue weighted by atomic mass is 32.2. The number of nitrogens with zero attached hydrogens (tertiary/aromatic N) is 1. The Balaban J connectivity index is 1.81. The van der Waals surface area contributed by atoms with Crippen LogP contribution in [0.3, 0.4) is 0 Å². The van der Waals surface area contributed by atoms with E-state index >= 15 is 0 Å². The largest absolute Gasteiger partial charge is 0.494 e. The van der Waals surface area contributed by atoms with Crippen LogP contribution in [0.25, 0.3) is 0 Å². The summed E-state index contributed by atoms with van der Waals surface area (Å²) in [5.41, 5.74) is 4.75. The van der Waals surface area contributed by atoms with Crippen LogP contribution in [0, 0.1) is 0 Å². The van der Waals surface area contributed by atoms with E-state index in [4.69, 9.17) is 14.6 Å². The number of ether oxygens (including phenoxy) is 2. The molecule has 0 aromatic heterocycles. The van der Waals surface area contributed by atoms with E-state index < -0.39 is 21.3 Å². The second-order valence-corrected chi connectivity index (χ2v) is 10.4. The zero-order valence-electron chi connectivity index (χ0n) is 19.4. The van der Waals surface area contributed by atoms with Crippen molar-refractivity contribution in [1.82, 2.24) is 10.9 Å². The molecule has 3 N–H and O–H groups in total. The number of benzene rings is 2. The van der Waals surface area contributed by atoms with Crippen LogP contribution in [0.4, 0.5) is 0 Å². The molecule has 0 radical (unpaired) electrons. The van der Waals surface area contributed by atoms with Gasteiger partial charge >= 0.3 is 0 Å². The molecule has 184 valence electrons. The van der Waals surface area contributed by atoms with Crippen LogP contribution in [0.15, 0.2) is 64.5 Å². The van der Waals surface area contributed by atoms with E-state index in [1.165, 1.54) is 12.1 Å². The van der Waals surface area contributed by atoms with E-state index in [-0.39, 0.29) is 42.2 Å². The maximum absolute atomic E-state index is 13.1. The van der Waals surface area contributed by atoms with E-state index in [9.17, 15) is 13.2 Å². The first-order valence-electron chi connectivity index (χ1n) is 11.2. The lowest BCUT2D eigenvalue weighted by atomic mass is 9.98. The lowest BCUT2D eigenvalue weighted by Crippen LogP contribution is -2.53. The summed E-state index contributed by atoms with van der Waals surface area (Å²) in [6.07, 6.45) is 0.493. The number of aliphatic hydroxyl groups excluding tert-OH is 1. The van der Waals surface area contributed by atoms with E-state index in [0.29, 0.717) is 24.3 Å². The monoisotopic (exact) mass is 489 g/mol. The summed E-state index contributed by atoms with van der Waals surface area (Å²) in [6, 6.07) is 15.1. The molecule has 0 aliphatic carbocycles. The van der Waals surface area contributed by atoms with Crippen LogP contribution >= 0.6 is 0 Å². The fourth-order valence-corrected chi connectivity index (χ4v) is 4.69. The lowest BCUT2D eigenvalue weighted by Gasteiger charge is -2.24. The quantitative estimate of drug-likeness (QED) is 0.307. The van der Waals surface area contributed by atoms with Crippen molar-refractivity contribution in [3.8, 4) is 5.75 Å². The third-order valence-corrected chi connectivity index (χ3v) is 6.95. The van der Waals surface area contributed by atoms with Crippen LogP contribution in [0.2, 0.25) is 0 Å². The number of carbonyl (C=O) groups is 1. The Morgan fingerprint density at radius 2 is 1.88 bits per heavy atom. The SMILES string of the molecule is CC(C)NNC(=O)[C@]1(CCS(=O)(=O)c2ccccc2)COC(c2ccc(OCCCO)cc2)=N1. The number of sulfone groups is 1. The van der Waals surface area contributed by atoms with Crippen molar-refractivity contribution >= 4 is 21.6 Å². The minimum absolute atomic E-state index is 0.0156. The van der Waals surface area contributed by atoms with Crippen LogP contribution < -0.4 is 15.6 Å². The maximum atomic E-state index is 13.1. The molecule has 1 aliphatic rings. The Hall–Kier alpha value is -2.95. The average Bonchev–Trinajstić information content (AvgIpc) is 3.28. The smallest absolute Gasteiger partial charge is 0.265 e. The van der Waals surface area contributed by atoms with Gasteiger partial charge in [0.1, 0.15) is 12.4 Å². The standard InChI is InChI=1S/C24H31N3O6S/c1-18(2)26-27-23(29)24(13-16-34(30,31)21-7-4-3-5-8-21)17-33-22(25-24)19-9-11-20(12-10-19)32-15-6-14-28/h3-5,7-12,18,26,28H,6,13-17H2,1-2H3,(H,27,29)/t24-/m0/s1. The van der Waals surface area contributed by atoms with Crippen LogP contribution in [-0.2, 0) is 19.4 Å². The van der Waals surface area contributed by atoms with Gasteiger partial charge in [-0.3, -0.25) is 10.2 Å². The van der Waals surface area contributed by atoms with Gasteiger partial charge in [-0.15, -0.1) is 0 Å². The number of aliphatic hydroxyl groups is 1. The predicted molar refractivity (Wildman–Crippen MR) is 128 cm³/mol. The molecular weight excluding hydrogens is 458 g/mol. The van der Waals surface area contributed by atoms with Gasteiger partial charge < -0.3 is 14.6 Å². The van der Waals surface area contributed by atoms with Crippen molar-refractivity contribution in [3.05, 3.63) is 60.2 Å². The molecule has 9 nitrogen and oxygen atoms in total. The van der Waals surface area contributed by atoms with Gasteiger partial charge in [0.2, 0.25) is 5.90 Å². The highest BCUT2D eigenvalue weighted by Crippen LogP contribution is 2.28. The number of rotatable bonds is 12. The van der Waals surface area contributed by atoms with Crippen molar-refractivity contribution in [2.45, 2.75) is 43.2 Å². The Kier molecular flexibility index (Phi) is 8.65. The third-order valence-electron chi connectivity index (χ3n) is 5.22. The number of amides is 1. The fourth-order valence-electron chi connectivity index (χ4n) is 3.28. The van der Waals surface area contributed by atoms with Crippen molar-refractivity contribution in [1.29, 1.82) is 0 Å². The Labute approximate surface area is 200 Å². The molecule has 0 spiro atoms. The van der Waals surface area contributed by atoms with Gasteiger partial charge in [0.25, 0.3) is 5.91 Å². The summed E-state index contributed by atoms with van der Waals surface area (Å²) in [5, 5.41) is 8.87. The molecule has 0 saturated carbocycles. The van der Waals surface area contributed by atoms with Crippen molar-refractivity contribution in [2.75, 3.05) is 25.6 Å². The van der Waals surface area contributed by atoms with E-state index in [2.05, 4.69) is 15.8 Å². The van der Waals surface area contributed by atoms with Gasteiger partial charge in [0, 0.05) is 24.6 Å².